The van der Waals surface area contributed by atoms with Crippen LogP contribution in [-0.2, 0) is 13.1 Å². The van der Waals surface area contributed by atoms with E-state index in [0.717, 1.165) is 31.1 Å². The summed E-state index contributed by atoms with van der Waals surface area (Å²) in [6.45, 7) is 7.68. The van der Waals surface area contributed by atoms with Gasteiger partial charge in [-0.2, -0.15) is 0 Å². The maximum absolute atomic E-state index is 6.09. The maximum atomic E-state index is 6.09. The summed E-state index contributed by atoms with van der Waals surface area (Å²) in [5.74, 6) is 1.70. The molecule has 0 saturated carbocycles. The lowest BCUT2D eigenvalue weighted by Gasteiger charge is -2.19. The van der Waals surface area contributed by atoms with E-state index in [1.807, 2.05) is 11.3 Å². The van der Waals surface area contributed by atoms with Gasteiger partial charge in [0.15, 0.2) is 11.5 Å². The van der Waals surface area contributed by atoms with E-state index < -0.39 is 0 Å². The predicted octanol–water partition coefficient (Wildman–Crippen LogP) is 5.44. The molecule has 4 rings (SSSR count). The lowest BCUT2D eigenvalue weighted by molar-refractivity contribution is 0.218. The lowest BCUT2D eigenvalue weighted by Crippen LogP contribution is -2.24. The smallest absolute Gasteiger partial charge is 0.165 e. The second-order valence-corrected chi connectivity index (χ2v) is 8.48. The monoisotopic (exact) mass is 379 g/mol. The van der Waals surface area contributed by atoms with Gasteiger partial charge in [0.25, 0.3) is 0 Å². The van der Waals surface area contributed by atoms with Crippen LogP contribution in [0.3, 0.4) is 0 Å². The normalized spacial score (nSPS) is 14.3. The van der Waals surface area contributed by atoms with Gasteiger partial charge in [-0.1, -0.05) is 29.8 Å². The molecule has 0 unspecified atom stereocenters. The highest BCUT2D eigenvalue weighted by molar-refractivity contribution is 7.11. The number of hydrogen-bond acceptors (Lipinski definition) is 4. The van der Waals surface area contributed by atoms with Crippen LogP contribution >= 0.6 is 11.3 Å². The molecule has 3 nitrogen and oxygen atoms in total. The quantitative estimate of drug-likeness (QED) is 0.603. The van der Waals surface area contributed by atoms with Crippen LogP contribution in [0.2, 0.25) is 0 Å². The Bertz CT molecular complexity index is 930. The first-order valence-corrected chi connectivity index (χ1v) is 10.1. The first kappa shape index (κ1) is 18.1. The van der Waals surface area contributed by atoms with Crippen LogP contribution in [0.4, 0.5) is 0 Å². The van der Waals surface area contributed by atoms with E-state index in [-0.39, 0.29) is 0 Å². The number of methoxy groups -OCH3 is 1. The summed E-state index contributed by atoms with van der Waals surface area (Å²) in [7, 11) is 1.72. The fourth-order valence-corrected chi connectivity index (χ4v) is 4.46. The van der Waals surface area contributed by atoms with E-state index in [9.17, 15) is 0 Å². The van der Waals surface area contributed by atoms with E-state index in [0.29, 0.717) is 6.61 Å². The highest BCUT2D eigenvalue weighted by Gasteiger charge is 2.21. The third-order valence-corrected chi connectivity index (χ3v) is 5.95. The Balaban J connectivity index is 1.66. The summed E-state index contributed by atoms with van der Waals surface area (Å²) < 4.78 is 11.8. The van der Waals surface area contributed by atoms with Crippen LogP contribution in [-0.4, -0.2) is 25.2 Å². The molecule has 0 N–H and O–H groups in total. The van der Waals surface area contributed by atoms with Crippen molar-refractivity contribution in [3.8, 4) is 22.6 Å². The number of rotatable bonds is 4. The van der Waals surface area contributed by atoms with Crippen molar-refractivity contribution in [3.05, 3.63) is 69.4 Å². The SMILES string of the molecule is COc1cc(-c2ccc(C)cc2)cc2c1OCCN(Cc1ccc(C)s1)C2. The molecule has 2 heterocycles. The molecule has 0 amide bonds. The molecular weight excluding hydrogens is 354 g/mol. The van der Waals surface area contributed by atoms with Gasteiger partial charge >= 0.3 is 0 Å². The van der Waals surface area contributed by atoms with Gasteiger partial charge in [-0.25, -0.2) is 0 Å². The van der Waals surface area contributed by atoms with Crippen LogP contribution in [0.1, 0.15) is 20.9 Å². The number of aryl methyl sites for hydroxylation is 2. The first-order valence-electron chi connectivity index (χ1n) is 9.31. The molecule has 0 atom stereocenters. The minimum absolute atomic E-state index is 0.678. The number of thiophene rings is 1. The maximum Gasteiger partial charge on any atom is 0.165 e. The number of benzene rings is 2. The fraction of sp³-hybridized carbons (Fsp3) is 0.304. The predicted molar refractivity (Wildman–Crippen MR) is 112 cm³/mol. The molecule has 0 bridgehead atoms. The van der Waals surface area contributed by atoms with Crippen LogP contribution in [0.15, 0.2) is 48.5 Å². The Morgan fingerprint density at radius 1 is 1.04 bits per heavy atom. The third-order valence-electron chi connectivity index (χ3n) is 4.96. The third kappa shape index (κ3) is 4.02. The van der Waals surface area contributed by atoms with E-state index in [1.165, 1.54) is 32.0 Å². The van der Waals surface area contributed by atoms with Gasteiger partial charge in [0.1, 0.15) is 6.61 Å². The van der Waals surface area contributed by atoms with Crippen molar-refractivity contribution in [2.75, 3.05) is 20.3 Å². The number of nitrogens with zero attached hydrogens (tertiary/aromatic N) is 1. The van der Waals surface area contributed by atoms with Gasteiger partial charge in [-0.3, -0.25) is 4.90 Å². The summed E-state index contributed by atoms with van der Waals surface area (Å²) in [4.78, 5) is 5.22. The molecule has 1 aromatic heterocycles. The van der Waals surface area contributed by atoms with Gasteiger partial charge in [-0.15, -0.1) is 11.3 Å². The topological polar surface area (TPSA) is 21.7 Å². The van der Waals surface area contributed by atoms with E-state index in [4.69, 9.17) is 9.47 Å². The Morgan fingerprint density at radius 3 is 2.56 bits per heavy atom. The zero-order valence-corrected chi connectivity index (χ0v) is 16.9. The first-order chi connectivity index (χ1) is 13.1. The summed E-state index contributed by atoms with van der Waals surface area (Å²) >= 11 is 1.87. The van der Waals surface area contributed by atoms with Crippen molar-refractivity contribution in [1.82, 2.24) is 4.90 Å². The molecule has 1 aliphatic rings. The number of hydrogen-bond donors (Lipinski definition) is 0. The van der Waals surface area contributed by atoms with Gasteiger partial charge in [0.2, 0.25) is 0 Å². The molecule has 0 saturated heterocycles. The van der Waals surface area contributed by atoms with E-state index in [2.05, 4.69) is 67.3 Å². The number of ether oxygens (including phenoxy) is 2. The molecule has 1 aliphatic heterocycles. The summed E-state index contributed by atoms with van der Waals surface area (Å²) in [5.41, 5.74) is 4.83. The zero-order valence-electron chi connectivity index (χ0n) is 16.1. The van der Waals surface area contributed by atoms with Gasteiger partial charge < -0.3 is 9.47 Å². The lowest BCUT2D eigenvalue weighted by atomic mass is 10.0. The van der Waals surface area contributed by atoms with Gasteiger partial charge in [0.05, 0.1) is 7.11 Å². The average molecular weight is 380 g/mol. The summed E-state index contributed by atoms with van der Waals surface area (Å²) in [6.07, 6.45) is 0. The fourth-order valence-electron chi connectivity index (χ4n) is 3.53. The zero-order chi connectivity index (χ0) is 18.8. The standard InChI is InChI=1S/C23H25NO2S/c1-16-4-7-18(8-5-16)19-12-20-14-24(15-21-9-6-17(2)27-21)10-11-26-23(20)22(13-19)25-3/h4-9,12-13H,10-11,14-15H2,1-3H3. The van der Waals surface area contributed by atoms with Crippen molar-refractivity contribution in [1.29, 1.82) is 0 Å². The number of fused-ring (bicyclic) bond motifs is 1. The van der Waals surface area contributed by atoms with E-state index in [1.54, 1.807) is 7.11 Å². The Morgan fingerprint density at radius 2 is 1.85 bits per heavy atom. The highest BCUT2D eigenvalue weighted by atomic mass is 32.1. The molecule has 0 radical (unpaired) electrons. The second kappa shape index (κ2) is 7.75. The highest BCUT2D eigenvalue weighted by Crippen LogP contribution is 2.38. The van der Waals surface area contributed by atoms with Crippen LogP contribution < -0.4 is 9.47 Å². The van der Waals surface area contributed by atoms with Crippen molar-refractivity contribution in [2.45, 2.75) is 26.9 Å². The molecule has 0 spiro atoms. The summed E-state index contributed by atoms with van der Waals surface area (Å²) in [5, 5.41) is 0. The molecule has 27 heavy (non-hydrogen) atoms. The van der Waals surface area contributed by atoms with Crippen molar-refractivity contribution < 1.29 is 9.47 Å². The Labute approximate surface area is 165 Å². The summed E-state index contributed by atoms with van der Waals surface area (Å²) in [6, 6.07) is 17.4. The molecule has 3 aromatic rings. The molecule has 4 heteroatoms. The molecule has 2 aromatic carbocycles. The van der Waals surface area contributed by atoms with Crippen molar-refractivity contribution >= 4 is 11.3 Å². The molecular formula is C23H25NO2S. The van der Waals surface area contributed by atoms with E-state index >= 15 is 0 Å². The molecule has 0 fully saturated rings. The van der Waals surface area contributed by atoms with Crippen molar-refractivity contribution in [2.24, 2.45) is 0 Å². The largest absolute Gasteiger partial charge is 0.493 e. The van der Waals surface area contributed by atoms with Crippen LogP contribution in [0.25, 0.3) is 11.1 Å². The minimum Gasteiger partial charge on any atom is -0.493 e. The average Bonchev–Trinajstić information content (AvgIpc) is 2.96. The molecule has 0 aliphatic carbocycles. The van der Waals surface area contributed by atoms with Crippen LogP contribution in [0.5, 0.6) is 11.5 Å². The van der Waals surface area contributed by atoms with Gasteiger partial charge in [0, 0.05) is 35.0 Å². The Hall–Kier alpha value is -2.30. The van der Waals surface area contributed by atoms with Crippen molar-refractivity contribution in [3.63, 3.8) is 0 Å². The second-order valence-electron chi connectivity index (χ2n) is 7.10. The minimum atomic E-state index is 0.678. The Kier molecular flexibility index (Phi) is 5.19. The molecule has 140 valence electrons. The van der Waals surface area contributed by atoms with Gasteiger partial charge in [-0.05, 0) is 49.2 Å². The van der Waals surface area contributed by atoms with Crippen LogP contribution in [0, 0.1) is 13.8 Å².